The molecule has 2 heterocycles. The normalized spacial score (nSPS) is 14.5. The predicted octanol–water partition coefficient (Wildman–Crippen LogP) is 5.60. The quantitative estimate of drug-likeness (QED) is 0.524. The molecule has 1 N–H and O–H groups in total. The van der Waals surface area contributed by atoms with Crippen molar-refractivity contribution in [2.45, 2.75) is 52.5 Å². The van der Waals surface area contributed by atoms with Crippen LogP contribution in [0, 0.1) is 19.8 Å². The fraction of sp³-hybridized carbons (Fsp3) is 0.440. The molecular weight excluding hydrogens is 406 g/mol. The van der Waals surface area contributed by atoms with Crippen LogP contribution in [-0.2, 0) is 6.54 Å². The Balaban J connectivity index is 1.60. The molecule has 6 heteroatoms. The summed E-state index contributed by atoms with van der Waals surface area (Å²) >= 11 is 1.63. The topological polar surface area (TPSA) is 56.2 Å². The smallest absolute Gasteiger partial charge is 0.253 e. The second-order valence-electron chi connectivity index (χ2n) is 8.43. The van der Waals surface area contributed by atoms with Crippen molar-refractivity contribution >= 4 is 17.2 Å². The highest BCUT2D eigenvalue weighted by atomic mass is 32.1. The maximum Gasteiger partial charge on any atom is 0.253 e. The Kier molecular flexibility index (Phi) is 6.76. The molecule has 1 aliphatic rings. The van der Waals surface area contributed by atoms with Crippen molar-refractivity contribution in [2.75, 3.05) is 13.7 Å². The second-order valence-corrected chi connectivity index (χ2v) is 9.49. The van der Waals surface area contributed by atoms with E-state index in [1.807, 2.05) is 32.0 Å². The van der Waals surface area contributed by atoms with Crippen LogP contribution in [0.3, 0.4) is 0 Å². The number of carbonyl (C=O) groups is 1. The number of ether oxygens (including phenoxy) is 1. The number of carbonyl (C=O) groups excluding carboxylic acids is 1. The lowest BCUT2D eigenvalue weighted by molar-refractivity contribution is 0.0943. The van der Waals surface area contributed by atoms with E-state index in [2.05, 4.69) is 32.4 Å². The first-order chi connectivity index (χ1) is 15.0. The molecule has 0 bridgehead atoms. The van der Waals surface area contributed by atoms with Gasteiger partial charge < -0.3 is 14.6 Å². The first-order valence-electron chi connectivity index (χ1n) is 11.1. The Morgan fingerprint density at radius 3 is 2.58 bits per heavy atom. The highest BCUT2D eigenvalue weighted by molar-refractivity contribution is 7.09. The monoisotopic (exact) mass is 437 g/mol. The number of aryl methyl sites for hydroxylation is 1. The fourth-order valence-electron chi connectivity index (χ4n) is 4.41. The SMILES string of the molecule is COc1ccc(Cn2c(-c3csc(C)n3)cc(C(=O)NCC3CCCCC3)c2C)cc1. The van der Waals surface area contributed by atoms with Crippen LogP contribution in [0.25, 0.3) is 11.4 Å². The average molecular weight is 438 g/mol. The van der Waals surface area contributed by atoms with Crippen LogP contribution in [0.15, 0.2) is 35.7 Å². The van der Waals surface area contributed by atoms with E-state index in [9.17, 15) is 4.79 Å². The van der Waals surface area contributed by atoms with Gasteiger partial charge in [0.05, 0.1) is 29.1 Å². The summed E-state index contributed by atoms with van der Waals surface area (Å²) in [6.45, 7) is 5.49. The van der Waals surface area contributed by atoms with Gasteiger partial charge in [0.1, 0.15) is 5.75 Å². The molecule has 5 nitrogen and oxygen atoms in total. The van der Waals surface area contributed by atoms with Crippen LogP contribution in [-0.4, -0.2) is 29.1 Å². The lowest BCUT2D eigenvalue weighted by Crippen LogP contribution is -2.30. The van der Waals surface area contributed by atoms with E-state index < -0.39 is 0 Å². The van der Waals surface area contributed by atoms with Crippen molar-refractivity contribution < 1.29 is 9.53 Å². The summed E-state index contributed by atoms with van der Waals surface area (Å²) in [4.78, 5) is 17.8. The molecule has 1 amide bonds. The number of hydrogen-bond acceptors (Lipinski definition) is 4. The third-order valence-corrected chi connectivity index (χ3v) is 7.04. The summed E-state index contributed by atoms with van der Waals surface area (Å²) in [5.41, 5.74) is 4.77. The molecule has 3 aromatic rings. The summed E-state index contributed by atoms with van der Waals surface area (Å²) in [5, 5.41) is 6.29. The van der Waals surface area contributed by atoms with Crippen molar-refractivity contribution in [1.29, 1.82) is 0 Å². The molecule has 0 aliphatic heterocycles. The first kappa shape index (κ1) is 21.6. The zero-order valence-corrected chi connectivity index (χ0v) is 19.4. The highest BCUT2D eigenvalue weighted by Gasteiger charge is 2.21. The zero-order valence-electron chi connectivity index (χ0n) is 18.6. The van der Waals surface area contributed by atoms with Gasteiger partial charge in [-0.2, -0.15) is 0 Å². The van der Waals surface area contributed by atoms with Crippen LogP contribution >= 0.6 is 11.3 Å². The molecule has 31 heavy (non-hydrogen) atoms. The summed E-state index contributed by atoms with van der Waals surface area (Å²) in [6.07, 6.45) is 6.34. The number of aromatic nitrogens is 2. The van der Waals surface area contributed by atoms with Crippen molar-refractivity contribution in [3.05, 3.63) is 57.5 Å². The predicted molar refractivity (Wildman–Crippen MR) is 126 cm³/mol. The molecular formula is C25H31N3O2S. The lowest BCUT2D eigenvalue weighted by Gasteiger charge is -2.21. The van der Waals surface area contributed by atoms with Gasteiger partial charge in [-0.05, 0) is 56.4 Å². The Labute approximate surface area is 188 Å². The molecule has 1 saturated carbocycles. The Bertz CT molecular complexity index is 1030. The minimum absolute atomic E-state index is 0.0183. The van der Waals surface area contributed by atoms with Crippen LogP contribution in [0.2, 0.25) is 0 Å². The summed E-state index contributed by atoms with van der Waals surface area (Å²) in [5.74, 6) is 1.47. The lowest BCUT2D eigenvalue weighted by atomic mass is 9.89. The van der Waals surface area contributed by atoms with E-state index in [4.69, 9.17) is 4.74 Å². The van der Waals surface area contributed by atoms with Crippen molar-refractivity contribution in [3.63, 3.8) is 0 Å². The van der Waals surface area contributed by atoms with Gasteiger partial charge in [-0.15, -0.1) is 11.3 Å². The number of benzene rings is 1. The summed E-state index contributed by atoms with van der Waals surface area (Å²) in [7, 11) is 1.67. The highest BCUT2D eigenvalue weighted by Crippen LogP contribution is 2.29. The maximum absolute atomic E-state index is 13.1. The van der Waals surface area contributed by atoms with Gasteiger partial charge in [-0.1, -0.05) is 31.4 Å². The van der Waals surface area contributed by atoms with E-state index in [1.165, 1.54) is 32.1 Å². The van der Waals surface area contributed by atoms with E-state index in [0.717, 1.165) is 45.5 Å². The zero-order chi connectivity index (χ0) is 21.8. The van der Waals surface area contributed by atoms with Crippen molar-refractivity contribution in [3.8, 4) is 17.1 Å². The molecule has 2 aromatic heterocycles. The van der Waals surface area contributed by atoms with E-state index in [0.29, 0.717) is 12.5 Å². The van der Waals surface area contributed by atoms with E-state index in [-0.39, 0.29) is 5.91 Å². The largest absolute Gasteiger partial charge is 0.497 e. The van der Waals surface area contributed by atoms with Gasteiger partial charge in [0.2, 0.25) is 0 Å². The van der Waals surface area contributed by atoms with Crippen molar-refractivity contribution in [2.24, 2.45) is 5.92 Å². The van der Waals surface area contributed by atoms with Gasteiger partial charge in [0.25, 0.3) is 5.91 Å². The number of hydrogen-bond donors (Lipinski definition) is 1. The minimum Gasteiger partial charge on any atom is -0.497 e. The second kappa shape index (κ2) is 9.69. The molecule has 1 fully saturated rings. The minimum atomic E-state index is 0.0183. The van der Waals surface area contributed by atoms with Gasteiger partial charge in [-0.3, -0.25) is 4.79 Å². The maximum atomic E-state index is 13.1. The standard InChI is InChI=1S/C25H31N3O2S/c1-17-22(25(29)26-14-19-7-5-4-6-8-19)13-24(23-16-31-18(2)27-23)28(17)15-20-9-11-21(30-3)12-10-20/h9-13,16,19H,4-8,14-15H2,1-3H3,(H,26,29). The van der Waals surface area contributed by atoms with Gasteiger partial charge >= 0.3 is 0 Å². The van der Waals surface area contributed by atoms with Gasteiger partial charge in [0, 0.05) is 24.2 Å². The Morgan fingerprint density at radius 2 is 1.94 bits per heavy atom. The van der Waals surface area contributed by atoms with E-state index in [1.54, 1.807) is 18.4 Å². The number of rotatable bonds is 7. The number of thiazole rings is 1. The molecule has 1 aromatic carbocycles. The van der Waals surface area contributed by atoms with Crippen LogP contribution in [0.4, 0.5) is 0 Å². The number of methoxy groups -OCH3 is 1. The molecule has 0 atom stereocenters. The van der Waals surface area contributed by atoms with Crippen LogP contribution in [0.1, 0.15) is 58.7 Å². The third kappa shape index (κ3) is 5.01. The van der Waals surface area contributed by atoms with Crippen LogP contribution < -0.4 is 10.1 Å². The number of amides is 1. The molecule has 0 spiro atoms. The number of nitrogens with one attached hydrogen (secondary N) is 1. The van der Waals surface area contributed by atoms with Gasteiger partial charge in [-0.25, -0.2) is 4.98 Å². The molecule has 4 rings (SSSR count). The van der Waals surface area contributed by atoms with Gasteiger partial charge in [0.15, 0.2) is 0 Å². The molecule has 0 unspecified atom stereocenters. The fourth-order valence-corrected chi connectivity index (χ4v) is 5.02. The summed E-state index contributed by atoms with van der Waals surface area (Å²) < 4.78 is 7.48. The summed E-state index contributed by atoms with van der Waals surface area (Å²) in [6, 6.07) is 10.1. The molecule has 164 valence electrons. The average Bonchev–Trinajstić information content (AvgIpc) is 3.37. The molecule has 0 radical (unpaired) electrons. The Hall–Kier alpha value is -2.60. The Morgan fingerprint density at radius 1 is 1.19 bits per heavy atom. The number of nitrogens with zero attached hydrogens (tertiary/aromatic N) is 2. The molecule has 0 saturated heterocycles. The van der Waals surface area contributed by atoms with E-state index >= 15 is 0 Å². The van der Waals surface area contributed by atoms with Crippen LogP contribution in [0.5, 0.6) is 5.75 Å². The third-order valence-electron chi connectivity index (χ3n) is 6.27. The van der Waals surface area contributed by atoms with Crippen molar-refractivity contribution in [1.82, 2.24) is 14.9 Å². The first-order valence-corrected chi connectivity index (χ1v) is 12.0. The molecule has 1 aliphatic carbocycles.